The summed E-state index contributed by atoms with van der Waals surface area (Å²) in [6.07, 6.45) is 3.81. The molecule has 4 heteroatoms. The molecule has 0 saturated carbocycles. The smallest absolute Gasteiger partial charge is 0.249 e. The number of piperidine rings is 1. The molecule has 1 spiro atoms. The molecule has 27 heavy (non-hydrogen) atoms. The topological polar surface area (TPSA) is 43.8 Å². The Labute approximate surface area is 161 Å². The van der Waals surface area contributed by atoms with Gasteiger partial charge in [0.05, 0.1) is 5.54 Å². The first-order valence-corrected chi connectivity index (χ1v) is 9.99. The van der Waals surface area contributed by atoms with Gasteiger partial charge in [0.15, 0.2) is 0 Å². The fraction of sp³-hybridized carbons (Fsp3) is 0.435. The molecule has 0 radical (unpaired) electrons. The summed E-state index contributed by atoms with van der Waals surface area (Å²) in [6, 6.07) is 19.2. The van der Waals surface area contributed by atoms with Gasteiger partial charge < -0.3 is 14.9 Å². The number of nitrogens with zero attached hydrogens (tertiary/aromatic N) is 2. The number of carbonyl (C=O) groups excluding carboxylic acids is 1. The molecule has 4 rings (SSSR count). The Hall–Kier alpha value is -2.17. The van der Waals surface area contributed by atoms with Crippen molar-refractivity contribution in [3.63, 3.8) is 0 Å². The Kier molecular flexibility index (Phi) is 5.28. The van der Waals surface area contributed by atoms with E-state index in [2.05, 4.69) is 59.5 Å². The molecule has 1 saturated heterocycles. The minimum atomic E-state index is -0.401. The molecular weight excluding hydrogens is 336 g/mol. The predicted molar refractivity (Wildman–Crippen MR) is 106 cm³/mol. The fourth-order valence-corrected chi connectivity index (χ4v) is 4.85. The molecule has 1 N–H and O–H groups in total. The van der Waals surface area contributed by atoms with Crippen LogP contribution in [0.2, 0.25) is 0 Å². The van der Waals surface area contributed by atoms with E-state index >= 15 is 0 Å². The van der Waals surface area contributed by atoms with E-state index in [1.165, 1.54) is 16.7 Å². The van der Waals surface area contributed by atoms with E-state index in [4.69, 9.17) is 0 Å². The van der Waals surface area contributed by atoms with Gasteiger partial charge >= 0.3 is 0 Å². The number of hydrogen-bond donors (Lipinski definition) is 1. The van der Waals surface area contributed by atoms with Gasteiger partial charge in [-0.15, -0.1) is 0 Å². The minimum absolute atomic E-state index is 0.137. The highest BCUT2D eigenvalue weighted by molar-refractivity contribution is 5.79. The van der Waals surface area contributed by atoms with Crippen molar-refractivity contribution < 1.29 is 9.90 Å². The Morgan fingerprint density at radius 3 is 2.41 bits per heavy atom. The van der Waals surface area contributed by atoms with E-state index in [0.29, 0.717) is 6.54 Å². The van der Waals surface area contributed by atoms with Crippen LogP contribution in [0.5, 0.6) is 0 Å². The van der Waals surface area contributed by atoms with Gasteiger partial charge in [0.25, 0.3) is 0 Å². The summed E-state index contributed by atoms with van der Waals surface area (Å²) in [7, 11) is 0. The highest BCUT2D eigenvalue weighted by Crippen LogP contribution is 2.43. The second-order valence-electron chi connectivity index (χ2n) is 7.72. The van der Waals surface area contributed by atoms with E-state index in [0.717, 1.165) is 45.3 Å². The number of fused-ring (bicyclic) bond motifs is 2. The van der Waals surface area contributed by atoms with Gasteiger partial charge in [-0.2, -0.15) is 0 Å². The Balaban J connectivity index is 1.50. The van der Waals surface area contributed by atoms with E-state index in [1.807, 2.05) is 4.90 Å². The van der Waals surface area contributed by atoms with Gasteiger partial charge in [0.1, 0.15) is 6.61 Å². The molecule has 2 aliphatic heterocycles. The van der Waals surface area contributed by atoms with Crippen LogP contribution in [0.3, 0.4) is 0 Å². The molecule has 1 amide bonds. The molecule has 0 atom stereocenters. The third kappa shape index (κ3) is 3.52. The zero-order chi connectivity index (χ0) is 18.7. The number of carbonyl (C=O) groups is 1. The van der Waals surface area contributed by atoms with Gasteiger partial charge in [0.2, 0.25) is 5.91 Å². The van der Waals surface area contributed by atoms with Gasteiger partial charge in [-0.05, 0) is 42.4 Å². The van der Waals surface area contributed by atoms with Gasteiger partial charge in [-0.3, -0.25) is 4.79 Å². The van der Waals surface area contributed by atoms with E-state index in [-0.39, 0.29) is 11.4 Å². The van der Waals surface area contributed by atoms with Crippen molar-refractivity contribution in [1.29, 1.82) is 0 Å². The lowest BCUT2D eigenvalue weighted by Gasteiger charge is -2.52. The lowest BCUT2D eigenvalue weighted by molar-refractivity contribution is -0.144. The van der Waals surface area contributed by atoms with Crippen LogP contribution >= 0.6 is 0 Å². The first-order chi connectivity index (χ1) is 13.2. The zero-order valence-electron chi connectivity index (χ0n) is 15.8. The van der Waals surface area contributed by atoms with Gasteiger partial charge in [-0.1, -0.05) is 54.6 Å². The molecule has 0 bridgehead atoms. The standard InChI is InChI=1S/C23H28N2O2/c26-18-22(27)25-15-11-20-8-4-5-9-21(20)23(25)12-16-24(17-13-23)14-10-19-6-2-1-3-7-19/h1-9,26H,10-18H2. The maximum absolute atomic E-state index is 12.5. The molecule has 0 unspecified atom stereocenters. The number of amides is 1. The first kappa shape index (κ1) is 18.2. The Bertz CT molecular complexity index is 782. The van der Waals surface area contributed by atoms with E-state index in [9.17, 15) is 9.90 Å². The summed E-state index contributed by atoms with van der Waals surface area (Å²) in [6.45, 7) is 3.32. The number of aliphatic hydroxyl groups is 1. The van der Waals surface area contributed by atoms with Crippen molar-refractivity contribution in [2.24, 2.45) is 0 Å². The normalized spacial score (nSPS) is 19.1. The highest BCUT2D eigenvalue weighted by Gasteiger charge is 2.46. The second kappa shape index (κ2) is 7.83. The number of hydrogen-bond acceptors (Lipinski definition) is 3. The summed E-state index contributed by atoms with van der Waals surface area (Å²) in [5, 5.41) is 9.51. The van der Waals surface area contributed by atoms with Crippen LogP contribution in [0.25, 0.3) is 0 Å². The van der Waals surface area contributed by atoms with Gasteiger partial charge in [-0.25, -0.2) is 0 Å². The van der Waals surface area contributed by atoms with Crippen molar-refractivity contribution in [1.82, 2.24) is 9.80 Å². The van der Waals surface area contributed by atoms with Crippen molar-refractivity contribution in [3.8, 4) is 0 Å². The maximum Gasteiger partial charge on any atom is 0.249 e. The SMILES string of the molecule is O=C(CO)N1CCc2ccccc2C12CCN(CCc1ccccc1)CC2. The van der Waals surface area contributed by atoms with Crippen LogP contribution in [-0.4, -0.2) is 53.6 Å². The monoisotopic (exact) mass is 364 g/mol. The largest absolute Gasteiger partial charge is 0.387 e. The third-order valence-corrected chi connectivity index (χ3v) is 6.32. The van der Waals surface area contributed by atoms with Crippen LogP contribution in [-0.2, 0) is 23.2 Å². The maximum atomic E-state index is 12.5. The van der Waals surface area contributed by atoms with Crippen molar-refractivity contribution in [3.05, 3.63) is 71.3 Å². The summed E-state index contributed by atoms with van der Waals surface area (Å²) >= 11 is 0. The Morgan fingerprint density at radius 2 is 1.67 bits per heavy atom. The molecule has 2 aromatic carbocycles. The third-order valence-electron chi connectivity index (χ3n) is 6.32. The second-order valence-corrected chi connectivity index (χ2v) is 7.72. The number of aliphatic hydroxyl groups excluding tert-OH is 1. The van der Waals surface area contributed by atoms with Crippen LogP contribution in [0.4, 0.5) is 0 Å². The molecule has 2 heterocycles. The summed E-state index contributed by atoms with van der Waals surface area (Å²) in [5.41, 5.74) is 3.77. The van der Waals surface area contributed by atoms with Gasteiger partial charge in [0, 0.05) is 26.2 Å². The number of rotatable bonds is 4. The minimum Gasteiger partial charge on any atom is -0.387 e. The highest BCUT2D eigenvalue weighted by atomic mass is 16.3. The summed E-state index contributed by atoms with van der Waals surface area (Å²) < 4.78 is 0. The van der Waals surface area contributed by atoms with Crippen molar-refractivity contribution >= 4 is 5.91 Å². The molecule has 0 aliphatic carbocycles. The average molecular weight is 364 g/mol. The first-order valence-electron chi connectivity index (χ1n) is 9.99. The van der Waals surface area contributed by atoms with Crippen LogP contribution in [0.1, 0.15) is 29.5 Å². The number of benzene rings is 2. The Morgan fingerprint density at radius 1 is 0.963 bits per heavy atom. The fourth-order valence-electron chi connectivity index (χ4n) is 4.85. The average Bonchev–Trinajstić information content (AvgIpc) is 2.74. The predicted octanol–water partition coefficient (Wildman–Crippen LogP) is 2.60. The molecule has 4 nitrogen and oxygen atoms in total. The number of likely N-dealkylation sites (tertiary alicyclic amines) is 1. The lowest BCUT2D eigenvalue weighted by Crippen LogP contribution is -2.58. The molecule has 1 fully saturated rings. The molecule has 2 aliphatic rings. The van der Waals surface area contributed by atoms with Crippen LogP contribution < -0.4 is 0 Å². The molecule has 0 aromatic heterocycles. The quantitative estimate of drug-likeness (QED) is 0.907. The van der Waals surface area contributed by atoms with E-state index < -0.39 is 6.61 Å². The molecule has 2 aromatic rings. The zero-order valence-corrected chi connectivity index (χ0v) is 15.8. The van der Waals surface area contributed by atoms with Crippen LogP contribution in [0.15, 0.2) is 54.6 Å². The summed E-state index contributed by atoms with van der Waals surface area (Å²) in [4.78, 5) is 17.0. The van der Waals surface area contributed by atoms with Crippen LogP contribution in [0, 0.1) is 0 Å². The summed E-state index contributed by atoms with van der Waals surface area (Å²) in [5.74, 6) is -0.137. The van der Waals surface area contributed by atoms with Crippen molar-refractivity contribution in [2.45, 2.75) is 31.2 Å². The molecule has 142 valence electrons. The van der Waals surface area contributed by atoms with E-state index in [1.54, 1.807) is 0 Å². The van der Waals surface area contributed by atoms with Crippen molar-refractivity contribution in [2.75, 3.05) is 32.8 Å². The lowest BCUT2D eigenvalue weighted by atomic mass is 9.74. The molecular formula is C23H28N2O2.